The molecule has 6 heteroatoms. The lowest BCUT2D eigenvalue weighted by Gasteiger charge is -2.12. The number of rotatable bonds is 4. The maximum Gasteiger partial charge on any atom is 0.336 e. The van der Waals surface area contributed by atoms with Crippen LogP contribution in [0, 0.1) is 6.92 Å². The molecule has 1 aliphatic carbocycles. The minimum atomic E-state index is -0.404. The van der Waals surface area contributed by atoms with Crippen molar-refractivity contribution in [1.82, 2.24) is 5.43 Å². The van der Waals surface area contributed by atoms with Crippen molar-refractivity contribution >= 4 is 22.6 Å². The first-order valence-electron chi connectivity index (χ1n) is 8.13. The lowest BCUT2D eigenvalue weighted by atomic mass is 9.99. The Morgan fingerprint density at radius 1 is 1.25 bits per heavy atom. The number of carbonyl (C=O) groups is 1. The smallest absolute Gasteiger partial charge is 0.336 e. The van der Waals surface area contributed by atoms with Crippen LogP contribution in [-0.2, 0) is 4.79 Å². The third-order valence-corrected chi connectivity index (χ3v) is 4.06. The second kappa shape index (κ2) is 7.29. The molecule has 1 aromatic heterocycles. The lowest BCUT2D eigenvalue weighted by molar-refractivity contribution is -0.123. The number of benzene rings is 1. The van der Waals surface area contributed by atoms with E-state index in [2.05, 4.69) is 10.5 Å². The van der Waals surface area contributed by atoms with Gasteiger partial charge in [0.15, 0.2) is 6.61 Å². The predicted octanol–water partition coefficient (Wildman–Crippen LogP) is 2.92. The van der Waals surface area contributed by atoms with Crippen LogP contribution in [0.4, 0.5) is 0 Å². The molecule has 0 bridgehead atoms. The third kappa shape index (κ3) is 4.01. The molecule has 1 saturated carbocycles. The SMILES string of the molecule is Cc1cc(=O)oc2cc(OCC(=O)NN=C3CCCCC3)ccc12. The van der Waals surface area contributed by atoms with E-state index in [0.717, 1.165) is 42.3 Å². The molecule has 0 radical (unpaired) electrons. The van der Waals surface area contributed by atoms with Crippen molar-refractivity contribution in [2.75, 3.05) is 6.61 Å². The molecule has 1 aromatic carbocycles. The average molecular weight is 328 g/mol. The average Bonchev–Trinajstić information content (AvgIpc) is 2.58. The van der Waals surface area contributed by atoms with Gasteiger partial charge in [-0.3, -0.25) is 4.79 Å². The molecule has 0 atom stereocenters. The van der Waals surface area contributed by atoms with Crippen LogP contribution in [0.2, 0.25) is 0 Å². The van der Waals surface area contributed by atoms with Gasteiger partial charge < -0.3 is 9.15 Å². The summed E-state index contributed by atoms with van der Waals surface area (Å²) >= 11 is 0. The van der Waals surface area contributed by atoms with Gasteiger partial charge in [-0.15, -0.1) is 0 Å². The number of nitrogens with zero attached hydrogens (tertiary/aromatic N) is 1. The zero-order valence-corrected chi connectivity index (χ0v) is 13.6. The van der Waals surface area contributed by atoms with E-state index >= 15 is 0 Å². The molecular formula is C18H20N2O4. The van der Waals surface area contributed by atoms with E-state index in [1.165, 1.54) is 12.5 Å². The van der Waals surface area contributed by atoms with E-state index in [9.17, 15) is 9.59 Å². The standard InChI is InChI=1S/C18H20N2O4/c1-12-9-18(22)24-16-10-14(7-8-15(12)16)23-11-17(21)20-19-13-5-3-2-4-6-13/h7-10H,2-6,11H2,1H3,(H,20,21). The minimum Gasteiger partial charge on any atom is -0.484 e. The Kier molecular flexibility index (Phi) is 4.93. The van der Waals surface area contributed by atoms with Crippen LogP contribution < -0.4 is 15.8 Å². The highest BCUT2D eigenvalue weighted by Crippen LogP contribution is 2.22. The van der Waals surface area contributed by atoms with Crippen LogP contribution >= 0.6 is 0 Å². The van der Waals surface area contributed by atoms with Gasteiger partial charge >= 0.3 is 5.63 Å². The number of nitrogens with one attached hydrogen (secondary N) is 1. The van der Waals surface area contributed by atoms with Crippen LogP contribution in [0.25, 0.3) is 11.0 Å². The zero-order chi connectivity index (χ0) is 16.9. The molecule has 6 nitrogen and oxygen atoms in total. The Balaban J connectivity index is 1.60. The summed E-state index contributed by atoms with van der Waals surface area (Å²) < 4.78 is 10.6. The molecule has 0 saturated heterocycles. The largest absolute Gasteiger partial charge is 0.484 e. The van der Waals surface area contributed by atoms with E-state index < -0.39 is 5.63 Å². The summed E-state index contributed by atoms with van der Waals surface area (Å²) in [7, 11) is 0. The van der Waals surface area contributed by atoms with Gasteiger partial charge in [-0.05, 0) is 50.3 Å². The summed E-state index contributed by atoms with van der Waals surface area (Å²) in [4.78, 5) is 23.2. The van der Waals surface area contributed by atoms with Crippen LogP contribution in [0.3, 0.4) is 0 Å². The van der Waals surface area contributed by atoms with Crippen molar-refractivity contribution in [3.05, 3.63) is 40.2 Å². The maximum atomic E-state index is 11.8. The monoisotopic (exact) mass is 328 g/mol. The summed E-state index contributed by atoms with van der Waals surface area (Å²) in [5.41, 5.74) is 4.45. The summed E-state index contributed by atoms with van der Waals surface area (Å²) in [5, 5.41) is 4.99. The third-order valence-electron chi connectivity index (χ3n) is 4.06. The van der Waals surface area contributed by atoms with Crippen LogP contribution in [0.5, 0.6) is 5.75 Å². The number of aryl methyl sites for hydroxylation is 1. The number of amides is 1. The minimum absolute atomic E-state index is 0.141. The van der Waals surface area contributed by atoms with Crippen molar-refractivity contribution in [2.24, 2.45) is 5.10 Å². The van der Waals surface area contributed by atoms with Crippen molar-refractivity contribution < 1.29 is 13.9 Å². The molecule has 3 rings (SSSR count). The van der Waals surface area contributed by atoms with Gasteiger partial charge in [-0.1, -0.05) is 6.42 Å². The first kappa shape index (κ1) is 16.2. The molecule has 1 aliphatic rings. The highest BCUT2D eigenvalue weighted by Gasteiger charge is 2.09. The highest BCUT2D eigenvalue weighted by molar-refractivity contribution is 5.87. The Morgan fingerprint density at radius 3 is 2.83 bits per heavy atom. The summed E-state index contributed by atoms with van der Waals surface area (Å²) in [6, 6.07) is 6.61. The van der Waals surface area contributed by atoms with E-state index in [0.29, 0.717) is 11.3 Å². The number of ether oxygens (including phenoxy) is 1. The fourth-order valence-corrected chi connectivity index (χ4v) is 2.79. The fourth-order valence-electron chi connectivity index (χ4n) is 2.79. The van der Waals surface area contributed by atoms with E-state index in [4.69, 9.17) is 9.15 Å². The molecule has 1 heterocycles. The molecule has 0 spiro atoms. The number of hydrogen-bond donors (Lipinski definition) is 1. The van der Waals surface area contributed by atoms with Gasteiger partial charge in [0.05, 0.1) is 0 Å². The Hall–Kier alpha value is -2.63. The number of fused-ring (bicyclic) bond motifs is 1. The van der Waals surface area contributed by atoms with Crippen LogP contribution in [0.1, 0.15) is 37.7 Å². The number of hydrogen-bond acceptors (Lipinski definition) is 5. The molecule has 1 amide bonds. The van der Waals surface area contributed by atoms with E-state index in [1.807, 2.05) is 13.0 Å². The Bertz CT molecular complexity index is 831. The first-order chi connectivity index (χ1) is 11.6. The van der Waals surface area contributed by atoms with Crippen LogP contribution in [0.15, 0.2) is 38.6 Å². The van der Waals surface area contributed by atoms with Crippen molar-refractivity contribution in [1.29, 1.82) is 0 Å². The van der Waals surface area contributed by atoms with Crippen molar-refractivity contribution in [2.45, 2.75) is 39.0 Å². The molecule has 2 aromatic rings. The zero-order valence-electron chi connectivity index (χ0n) is 13.6. The van der Waals surface area contributed by atoms with Gasteiger partial charge in [0.1, 0.15) is 11.3 Å². The normalized spacial score (nSPS) is 14.5. The molecular weight excluding hydrogens is 308 g/mol. The molecule has 1 N–H and O–H groups in total. The molecule has 0 aliphatic heterocycles. The quantitative estimate of drug-likeness (QED) is 0.691. The first-order valence-corrected chi connectivity index (χ1v) is 8.13. The van der Waals surface area contributed by atoms with Crippen molar-refractivity contribution in [3.63, 3.8) is 0 Å². The molecule has 126 valence electrons. The summed E-state index contributed by atoms with van der Waals surface area (Å²) in [6.07, 6.45) is 5.39. The lowest BCUT2D eigenvalue weighted by Crippen LogP contribution is -2.26. The van der Waals surface area contributed by atoms with E-state index in [1.54, 1.807) is 12.1 Å². The number of carbonyl (C=O) groups excluding carboxylic acids is 1. The van der Waals surface area contributed by atoms with Gasteiger partial charge in [-0.2, -0.15) is 5.10 Å². The van der Waals surface area contributed by atoms with Crippen LogP contribution in [-0.4, -0.2) is 18.2 Å². The maximum absolute atomic E-state index is 11.8. The van der Waals surface area contributed by atoms with Gasteiger partial charge in [0.2, 0.25) is 0 Å². The predicted molar refractivity (Wildman–Crippen MR) is 91.4 cm³/mol. The Labute approximate surface area is 139 Å². The van der Waals surface area contributed by atoms with Crippen molar-refractivity contribution in [3.8, 4) is 5.75 Å². The highest BCUT2D eigenvalue weighted by atomic mass is 16.5. The van der Waals surface area contributed by atoms with Gasteiger partial charge in [0, 0.05) is 23.2 Å². The fraction of sp³-hybridized carbons (Fsp3) is 0.389. The summed E-state index contributed by atoms with van der Waals surface area (Å²) in [5.74, 6) is 0.163. The topological polar surface area (TPSA) is 80.9 Å². The molecule has 24 heavy (non-hydrogen) atoms. The van der Waals surface area contributed by atoms with E-state index in [-0.39, 0.29) is 12.5 Å². The van der Waals surface area contributed by atoms with Gasteiger partial charge in [-0.25, -0.2) is 10.2 Å². The summed E-state index contributed by atoms with van der Waals surface area (Å²) in [6.45, 7) is 1.70. The van der Waals surface area contributed by atoms with Gasteiger partial charge in [0.25, 0.3) is 5.91 Å². The second-order valence-electron chi connectivity index (χ2n) is 5.97. The molecule has 1 fully saturated rings. The number of hydrazone groups is 1. The molecule has 0 unspecified atom stereocenters. The second-order valence-corrected chi connectivity index (χ2v) is 5.97. The Morgan fingerprint density at radius 2 is 2.04 bits per heavy atom.